The van der Waals surface area contributed by atoms with Crippen LogP contribution in [-0.4, -0.2) is 0 Å². The Kier molecular flexibility index (Phi) is 5.20. The zero-order valence-electron chi connectivity index (χ0n) is 11.0. The molecule has 19 heavy (non-hydrogen) atoms. The molecule has 0 amide bonds. The smallest absolute Gasteiger partial charge is 0.0297 e. The van der Waals surface area contributed by atoms with E-state index in [9.17, 15) is 0 Å². The van der Waals surface area contributed by atoms with Crippen molar-refractivity contribution < 1.29 is 0 Å². The summed E-state index contributed by atoms with van der Waals surface area (Å²) in [5, 5.41) is 3.63. The van der Waals surface area contributed by atoms with E-state index in [2.05, 4.69) is 87.4 Å². The SMILES string of the molecule is CC(NC(C)c1cccc(Br)c1)c1cccc(Br)c1. The van der Waals surface area contributed by atoms with Crippen molar-refractivity contribution in [3.05, 3.63) is 68.6 Å². The van der Waals surface area contributed by atoms with E-state index in [1.807, 2.05) is 12.1 Å². The lowest BCUT2D eigenvalue weighted by atomic mass is 10.0. The largest absolute Gasteiger partial charge is 0.304 e. The molecular weight excluding hydrogens is 366 g/mol. The second kappa shape index (κ2) is 6.69. The normalized spacial score (nSPS) is 14.1. The van der Waals surface area contributed by atoms with E-state index in [1.165, 1.54) is 11.1 Å². The quantitative estimate of drug-likeness (QED) is 0.723. The first kappa shape index (κ1) is 14.8. The van der Waals surface area contributed by atoms with Gasteiger partial charge in [-0.1, -0.05) is 56.1 Å². The van der Waals surface area contributed by atoms with Gasteiger partial charge in [-0.3, -0.25) is 0 Å². The van der Waals surface area contributed by atoms with Gasteiger partial charge < -0.3 is 5.32 Å². The van der Waals surface area contributed by atoms with E-state index in [4.69, 9.17) is 0 Å². The Bertz CT molecular complexity index is 504. The zero-order valence-corrected chi connectivity index (χ0v) is 14.2. The summed E-state index contributed by atoms with van der Waals surface area (Å²) in [6.45, 7) is 4.38. The fourth-order valence-corrected chi connectivity index (χ4v) is 2.95. The highest BCUT2D eigenvalue weighted by Gasteiger charge is 2.11. The molecule has 0 heterocycles. The highest BCUT2D eigenvalue weighted by molar-refractivity contribution is 9.10. The van der Waals surface area contributed by atoms with Crippen LogP contribution in [0.4, 0.5) is 0 Å². The van der Waals surface area contributed by atoms with Crippen molar-refractivity contribution >= 4 is 31.9 Å². The van der Waals surface area contributed by atoms with Crippen molar-refractivity contribution in [3.63, 3.8) is 0 Å². The molecule has 0 aliphatic heterocycles. The molecule has 2 unspecified atom stereocenters. The molecule has 0 spiro atoms. The standard InChI is InChI=1S/C16H17Br2N/c1-11(13-5-3-7-15(17)9-13)19-12(2)14-6-4-8-16(18)10-14/h3-12,19H,1-2H3. The van der Waals surface area contributed by atoms with Gasteiger partial charge in [-0.15, -0.1) is 0 Å². The maximum absolute atomic E-state index is 3.63. The molecule has 2 atom stereocenters. The minimum atomic E-state index is 0.312. The molecule has 0 aliphatic carbocycles. The van der Waals surface area contributed by atoms with Crippen LogP contribution in [0.3, 0.4) is 0 Å². The van der Waals surface area contributed by atoms with Gasteiger partial charge >= 0.3 is 0 Å². The average molecular weight is 383 g/mol. The van der Waals surface area contributed by atoms with E-state index in [1.54, 1.807) is 0 Å². The summed E-state index contributed by atoms with van der Waals surface area (Å²) >= 11 is 7.03. The minimum Gasteiger partial charge on any atom is -0.304 e. The third-order valence-corrected chi connectivity index (χ3v) is 4.18. The van der Waals surface area contributed by atoms with E-state index in [0.717, 1.165) is 8.95 Å². The Morgan fingerprint density at radius 1 is 0.789 bits per heavy atom. The summed E-state index contributed by atoms with van der Waals surface area (Å²) in [6, 6.07) is 17.5. The fourth-order valence-electron chi connectivity index (χ4n) is 2.12. The predicted octanol–water partition coefficient (Wildman–Crippen LogP) is 5.62. The van der Waals surface area contributed by atoms with Gasteiger partial charge in [0.2, 0.25) is 0 Å². The monoisotopic (exact) mass is 381 g/mol. The number of rotatable bonds is 4. The van der Waals surface area contributed by atoms with Gasteiger partial charge in [0.05, 0.1) is 0 Å². The first-order chi connectivity index (χ1) is 9.06. The van der Waals surface area contributed by atoms with E-state index in [-0.39, 0.29) is 0 Å². The molecule has 3 heteroatoms. The second-order valence-electron chi connectivity index (χ2n) is 4.72. The third kappa shape index (κ3) is 4.16. The van der Waals surface area contributed by atoms with Crippen LogP contribution in [0, 0.1) is 0 Å². The molecular formula is C16H17Br2N. The molecule has 0 fully saturated rings. The van der Waals surface area contributed by atoms with Crippen molar-refractivity contribution in [2.75, 3.05) is 0 Å². The topological polar surface area (TPSA) is 12.0 Å². The molecule has 2 rings (SSSR count). The fraction of sp³-hybridized carbons (Fsp3) is 0.250. The highest BCUT2D eigenvalue weighted by atomic mass is 79.9. The molecule has 2 aromatic carbocycles. The molecule has 0 saturated heterocycles. The molecule has 2 aromatic rings. The molecule has 1 N–H and O–H groups in total. The summed E-state index contributed by atoms with van der Waals surface area (Å²) in [5.41, 5.74) is 2.58. The highest BCUT2D eigenvalue weighted by Crippen LogP contribution is 2.23. The van der Waals surface area contributed by atoms with Crippen LogP contribution in [-0.2, 0) is 0 Å². The summed E-state index contributed by atoms with van der Waals surface area (Å²) in [5.74, 6) is 0. The number of benzene rings is 2. The van der Waals surface area contributed by atoms with Crippen LogP contribution in [0.25, 0.3) is 0 Å². The Balaban J connectivity index is 2.08. The van der Waals surface area contributed by atoms with Gasteiger partial charge in [-0.05, 0) is 49.2 Å². The van der Waals surface area contributed by atoms with Crippen LogP contribution in [0.1, 0.15) is 37.1 Å². The average Bonchev–Trinajstić information content (AvgIpc) is 2.38. The van der Waals surface area contributed by atoms with E-state index < -0.39 is 0 Å². The van der Waals surface area contributed by atoms with Gasteiger partial charge in [-0.25, -0.2) is 0 Å². The zero-order chi connectivity index (χ0) is 13.8. The van der Waals surface area contributed by atoms with Gasteiger partial charge in [0.15, 0.2) is 0 Å². The van der Waals surface area contributed by atoms with Gasteiger partial charge in [0.1, 0.15) is 0 Å². The van der Waals surface area contributed by atoms with E-state index in [0.29, 0.717) is 12.1 Å². The Labute approximate surface area is 131 Å². The lowest BCUT2D eigenvalue weighted by Crippen LogP contribution is -2.22. The first-order valence-corrected chi connectivity index (χ1v) is 7.92. The maximum atomic E-state index is 3.63. The molecule has 0 saturated carbocycles. The van der Waals surface area contributed by atoms with Crippen LogP contribution in [0.15, 0.2) is 57.5 Å². The van der Waals surface area contributed by atoms with Crippen molar-refractivity contribution in [1.82, 2.24) is 5.32 Å². The lowest BCUT2D eigenvalue weighted by molar-refractivity contribution is 0.494. The van der Waals surface area contributed by atoms with Gasteiger partial charge in [-0.2, -0.15) is 0 Å². The summed E-state index contributed by atoms with van der Waals surface area (Å²) in [6.07, 6.45) is 0. The summed E-state index contributed by atoms with van der Waals surface area (Å²) in [7, 11) is 0. The molecule has 0 bridgehead atoms. The van der Waals surface area contributed by atoms with Crippen LogP contribution < -0.4 is 5.32 Å². The molecule has 1 nitrogen and oxygen atoms in total. The number of halogens is 2. The van der Waals surface area contributed by atoms with Crippen LogP contribution in [0.5, 0.6) is 0 Å². The molecule has 0 radical (unpaired) electrons. The van der Waals surface area contributed by atoms with E-state index >= 15 is 0 Å². The van der Waals surface area contributed by atoms with Crippen LogP contribution >= 0.6 is 31.9 Å². The number of hydrogen-bond acceptors (Lipinski definition) is 1. The van der Waals surface area contributed by atoms with Crippen molar-refractivity contribution in [1.29, 1.82) is 0 Å². The van der Waals surface area contributed by atoms with Crippen LogP contribution in [0.2, 0.25) is 0 Å². The van der Waals surface area contributed by atoms with Crippen molar-refractivity contribution in [3.8, 4) is 0 Å². The lowest BCUT2D eigenvalue weighted by Gasteiger charge is -2.21. The van der Waals surface area contributed by atoms with Gasteiger partial charge in [0, 0.05) is 21.0 Å². The van der Waals surface area contributed by atoms with Crippen molar-refractivity contribution in [2.45, 2.75) is 25.9 Å². The maximum Gasteiger partial charge on any atom is 0.0297 e. The van der Waals surface area contributed by atoms with Gasteiger partial charge in [0.25, 0.3) is 0 Å². The molecule has 100 valence electrons. The molecule has 0 aliphatic rings. The number of hydrogen-bond donors (Lipinski definition) is 1. The second-order valence-corrected chi connectivity index (χ2v) is 6.55. The first-order valence-electron chi connectivity index (χ1n) is 6.33. The summed E-state index contributed by atoms with van der Waals surface area (Å²) < 4.78 is 2.24. The Morgan fingerprint density at radius 3 is 1.58 bits per heavy atom. The minimum absolute atomic E-state index is 0.312. The van der Waals surface area contributed by atoms with Crippen molar-refractivity contribution in [2.24, 2.45) is 0 Å². The number of nitrogens with one attached hydrogen (secondary N) is 1. The Morgan fingerprint density at radius 2 is 1.21 bits per heavy atom. The predicted molar refractivity (Wildman–Crippen MR) is 88.2 cm³/mol. The third-order valence-electron chi connectivity index (χ3n) is 3.20. The molecule has 0 aromatic heterocycles. The summed E-state index contributed by atoms with van der Waals surface area (Å²) in [4.78, 5) is 0. The Hall–Kier alpha value is -0.640.